The molecule has 0 radical (unpaired) electrons. The Balaban J connectivity index is 1.57. The SMILES string of the molecule is CC(C)n1c(=O)ccc2c(F)cc(-c3nc(Nc4ccc5c(c4)CNCC5)ncc3F)cc21. The molecule has 0 spiro atoms. The summed E-state index contributed by atoms with van der Waals surface area (Å²) in [4.78, 5) is 20.8. The van der Waals surface area contributed by atoms with Gasteiger partial charge in [0.25, 0.3) is 5.56 Å². The molecule has 2 N–H and O–H groups in total. The zero-order valence-electron chi connectivity index (χ0n) is 18.3. The number of nitrogens with one attached hydrogen (secondary N) is 2. The fraction of sp³-hybridized carbons (Fsp3) is 0.240. The van der Waals surface area contributed by atoms with Gasteiger partial charge in [0.2, 0.25) is 5.95 Å². The maximum Gasteiger partial charge on any atom is 0.251 e. The molecular formula is C25H23F2N5O. The van der Waals surface area contributed by atoms with Gasteiger partial charge in [-0.3, -0.25) is 4.79 Å². The zero-order chi connectivity index (χ0) is 23.1. The second kappa shape index (κ2) is 8.37. The number of aromatic nitrogens is 3. The van der Waals surface area contributed by atoms with Crippen LogP contribution in [-0.2, 0) is 13.0 Å². The first-order chi connectivity index (χ1) is 15.9. The minimum absolute atomic E-state index is 0.0421. The summed E-state index contributed by atoms with van der Waals surface area (Å²) in [6.45, 7) is 5.42. The van der Waals surface area contributed by atoms with Gasteiger partial charge in [0.05, 0.1) is 11.7 Å². The summed E-state index contributed by atoms with van der Waals surface area (Å²) in [5.41, 5.74) is 3.61. The highest BCUT2D eigenvalue weighted by molar-refractivity contribution is 5.85. The standard InChI is InChI=1S/C25H23F2N5O/c1-14(2)32-22-11-16(10-20(26)19(22)5-6-23(32)33)24-21(27)13-29-25(31-24)30-18-4-3-15-7-8-28-12-17(15)9-18/h3-6,9-11,13-14,28H,7-8,12H2,1-2H3,(H,29,30,31). The predicted octanol–water partition coefficient (Wildman–Crippen LogP) is 4.71. The van der Waals surface area contributed by atoms with Crippen LogP contribution in [0.1, 0.15) is 31.0 Å². The summed E-state index contributed by atoms with van der Waals surface area (Å²) >= 11 is 0. The quantitative estimate of drug-likeness (QED) is 0.474. The van der Waals surface area contributed by atoms with Gasteiger partial charge in [0, 0.05) is 35.3 Å². The largest absolute Gasteiger partial charge is 0.324 e. The van der Waals surface area contributed by atoms with Crippen LogP contribution in [0.3, 0.4) is 0 Å². The minimum Gasteiger partial charge on any atom is -0.324 e. The topological polar surface area (TPSA) is 71.8 Å². The molecule has 0 atom stereocenters. The van der Waals surface area contributed by atoms with E-state index in [1.165, 1.54) is 33.9 Å². The maximum atomic E-state index is 14.9. The molecule has 168 valence electrons. The molecule has 0 saturated heterocycles. The van der Waals surface area contributed by atoms with Gasteiger partial charge in [-0.1, -0.05) is 6.07 Å². The first kappa shape index (κ1) is 21.2. The molecule has 1 aliphatic rings. The van der Waals surface area contributed by atoms with Crippen LogP contribution in [0.4, 0.5) is 20.4 Å². The van der Waals surface area contributed by atoms with Crippen molar-refractivity contribution in [2.45, 2.75) is 32.9 Å². The lowest BCUT2D eigenvalue weighted by atomic mass is 10.0. The normalized spacial score (nSPS) is 13.4. The van der Waals surface area contributed by atoms with Crippen molar-refractivity contribution >= 4 is 22.5 Å². The van der Waals surface area contributed by atoms with E-state index in [2.05, 4.69) is 26.7 Å². The first-order valence-corrected chi connectivity index (χ1v) is 10.9. The Morgan fingerprint density at radius 3 is 2.73 bits per heavy atom. The van der Waals surface area contributed by atoms with E-state index in [4.69, 9.17) is 0 Å². The number of halogens is 2. The van der Waals surface area contributed by atoms with Gasteiger partial charge < -0.3 is 15.2 Å². The monoisotopic (exact) mass is 447 g/mol. The summed E-state index contributed by atoms with van der Waals surface area (Å²) < 4.78 is 31.2. The lowest BCUT2D eigenvalue weighted by molar-refractivity contribution is 0.596. The molecule has 3 heterocycles. The average molecular weight is 447 g/mol. The Labute approximate surface area is 189 Å². The van der Waals surface area contributed by atoms with Gasteiger partial charge in [-0.25, -0.2) is 18.7 Å². The van der Waals surface area contributed by atoms with E-state index < -0.39 is 11.6 Å². The highest BCUT2D eigenvalue weighted by atomic mass is 19.1. The summed E-state index contributed by atoms with van der Waals surface area (Å²) in [5.74, 6) is -1.03. The van der Waals surface area contributed by atoms with Crippen LogP contribution in [0.5, 0.6) is 0 Å². The molecule has 33 heavy (non-hydrogen) atoms. The fourth-order valence-electron chi connectivity index (χ4n) is 4.31. The Morgan fingerprint density at radius 2 is 1.91 bits per heavy atom. The number of benzene rings is 2. The molecule has 2 aromatic carbocycles. The zero-order valence-corrected chi connectivity index (χ0v) is 18.3. The van der Waals surface area contributed by atoms with Crippen molar-refractivity contribution in [3.05, 3.63) is 81.8 Å². The third-order valence-corrected chi connectivity index (χ3v) is 5.88. The number of fused-ring (bicyclic) bond motifs is 2. The lowest BCUT2D eigenvalue weighted by Crippen LogP contribution is -2.23. The van der Waals surface area contributed by atoms with Crippen molar-refractivity contribution in [1.82, 2.24) is 19.9 Å². The van der Waals surface area contributed by atoms with Crippen LogP contribution in [0, 0.1) is 11.6 Å². The van der Waals surface area contributed by atoms with Gasteiger partial charge in [0.1, 0.15) is 11.5 Å². The van der Waals surface area contributed by atoms with Gasteiger partial charge in [-0.15, -0.1) is 0 Å². The van der Waals surface area contributed by atoms with Gasteiger partial charge in [-0.2, -0.15) is 0 Å². The Morgan fingerprint density at radius 1 is 1.06 bits per heavy atom. The molecule has 1 aliphatic heterocycles. The molecule has 0 amide bonds. The smallest absolute Gasteiger partial charge is 0.251 e. The fourth-order valence-corrected chi connectivity index (χ4v) is 4.31. The van der Waals surface area contributed by atoms with Crippen molar-refractivity contribution in [2.75, 3.05) is 11.9 Å². The van der Waals surface area contributed by atoms with Crippen molar-refractivity contribution < 1.29 is 8.78 Å². The molecule has 0 saturated carbocycles. The number of nitrogens with zero attached hydrogens (tertiary/aromatic N) is 3. The van der Waals surface area contributed by atoms with Crippen molar-refractivity contribution in [3.63, 3.8) is 0 Å². The molecule has 2 aromatic heterocycles. The van der Waals surface area contributed by atoms with Crippen molar-refractivity contribution in [1.29, 1.82) is 0 Å². The summed E-state index contributed by atoms with van der Waals surface area (Å²) in [6.07, 6.45) is 2.04. The molecule has 0 aliphatic carbocycles. The Kier molecular flexibility index (Phi) is 5.38. The van der Waals surface area contributed by atoms with E-state index in [0.29, 0.717) is 10.9 Å². The van der Waals surface area contributed by atoms with Crippen LogP contribution in [-0.4, -0.2) is 21.1 Å². The molecule has 0 unspecified atom stereocenters. The van der Waals surface area contributed by atoms with E-state index in [1.807, 2.05) is 26.0 Å². The highest BCUT2D eigenvalue weighted by Crippen LogP contribution is 2.29. The van der Waals surface area contributed by atoms with Crippen LogP contribution in [0.2, 0.25) is 0 Å². The van der Waals surface area contributed by atoms with Crippen LogP contribution in [0.15, 0.2) is 53.5 Å². The van der Waals surface area contributed by atoms with Crippen LogP contribution < -0.4 is 16.2 Å². The molecule has 0 fully saturated rings. The van der Waals surface area contributed by atoms with E-state index >= 15 is 0 Å². The van der Waals surface area contributed by atoms with Crippen molar-refractivity contribution in [2.24, 2.45) is 0 Å². The lowest BCUT2D eigenvalue weighted by Gasteiger charge is -2.18. The summed E-state index contributed by atoms with van der Waals surface area (Å²) in [5, 5.41) is 6.75. The second-order valence-electron chi connectivity index (χ2n) is 8.45. The van der Waals surface area contributed by atoms with E-state index in [1.54, 1.807) is 6.07 Å². The number of rotatable bonds is 4. The number of pyridine rings is 1. The molecule has 8 heteroatoms. The van der Waals surface area contributed by atoms with Gasteiger partial charge in [-0.05, 0) is 68.3 Å². The number of anilines is 2. The van der Waals surface area contributed by atoms with E-state index in [0.717, 1.165) is 31.4 Å². The molecule has 4 aromatic rings. The molecule has 6 nitrogen and oxygen atoms in total. The second-order valence-corrected chi connectivity index (χ2v) is 8.45. The number of hydrogen-bond acceptors (Lipinski definition) is 5. The highest BCUT2D eigenvalue weighted by Gasteiger charge is 2.16. The Bertz CT molecular complexity index is 1430. The average Bonchev–Trinajstić information content (AvgIpc) is 2.79. The van der Waals surface area contributed by atoms with Crippen LogP contribution >= 0.6 is 0 Å². The number of hydrogen-bond donors (Lipinski definition) is 2. The Hall–Kier alpha value is -3.65. The molecule has 0 bridgehead atoms. The third-order valence-electron chi connectivity index (χ3n) is 5.88. The molecule has 5 rings (SSSR count). The summed E-state index contributed by atoms with van der Waals surface area (Å²) in [7, 11) is 0. The van der Waals surface area contributed by atoms with Crippen LogP contribution in [0.25, 0.3) is 22.2 Å². The van der Waals surface area contributed by atoms with E-state index in [9.17, 15) is 13.6 Å². The third kappa shape index (κ3) is 3.98. The summed E-state index contributed by atoms with van der Waals surface area (Å²) in [6, 6.07) is 11.4. The first-order valence-electron chi connectivity index (χ1n) is 10.9. The molecular weight excluding hydrogens is 424 g/mol. The van der Waals surface area contributed by atoms with Gasteiger partial charge >= 0.3 is 0 Å². The van der Waals surface area contributed by atoms with Gasteiger partial charge in [0.15, 0.2) is 5.82 Å². The predicted molar refractivity (Wildman–Crippen MR) is 125 cm³/mol. The minimum atomic E-state index is -0.677. The van der Waals surface area contributed by atoms with E-state index in [-0.39, 0.29) is 28.8 Å². The van der Waals surface area contributed by atoms with Crippen molar-refractivity contribution in [3.8, 4) is 11.3 Å². The maximum absolute atomic E-state index is 14.9.